The van der Waals surface area contributed by atoms with Gasteiger partial charge in [-0.25, -0.2) is 0 Å². The summed E-state index contributed by atoms with van der Waals surface area (Å²) in [5.74, 6) is 0.693. The fraction of sp³-hybridized carbons (Fsp3) is 0.500. The summed E-state index contributed by atoms with van der Waals surface area (Å²) in [6.07, 6.45) is 2.25. The summed E-state index contributed by atoms with van der Waals surface area (Å²) < 4.78 is 5.90. The number of piperidine rings is 1. The Labute approximate surface area is 113 Å². The van der Waals surface area contributed by atoms with Gasteiger partial charge in [0, 0.05) is 18.7 Å². The Morgan fingerprint density at radius 2 is 2.06 bits per heavy atom. The van der Waals surface area contributed by atoms with Gasteiger partial charge in [0.05, 0.1) is 5.02 Å². The second kappa shape index (κ2) is 5.72. The first-order valence-corrected chi connectivity index (χ1v) is 6.60. The minimum absolute atomic E-state index is 0.0164. The van der Waals surface area contributed by atoms with Crippen molar-refractivity contribution in [1.82, 2.24) is 4.90 Å². The summed E-state index contributed by atoms with van der Waals surface area (Å²) in [5.41, 5.74) is 0.621. The lowest BCUT2D eigenvalue weighted by Gasteiger charge is -2.29. The predicted molar refractivity (Wildman–Crippen MR) is 72.6 cm³/mol. The van der Waals surface area contributed by atoms with Crippen molar-refractivity contribution in [2.45, 2.75) is 25.9 Å². The van der Waals surface area contributed by atoms with E-state index in [0.29, 0.717) is 16.3 Å². The first kappa shape index (κ1) is 13.4. The van der Waals surface area contributed by atoms with Crippen LogP contribution >= 0.6 is 11.6 Å². The molecule has 1 aliphatic rings. The van der Waals surface area contributed by atoms with Gasteiger partial charge in [-0.3, -0.25) is 4.79 Å². The molecule has 1 aromatic carbocycles. The third kappa shape index (κ3) is 3.24. The van der Waals surface area contributed by atoms with Crippen LogP contribution in [0.25, 0.3) is 0 Å². The number of carbonyl (C=O) groups is 1. The van der Waals surface area contributed by atoms with Gasteiger partial charge in [-0.1, -0.05) is 11.6 Å². The Hall–Kier alpha value is -1.06. The first-order chi connectivity index (χ1) is 8.56. The number of likely N-dealkylation sites (tertiary alicyclic amines) is 1. The lowest BCUT2D eigenvalue weighted by atomic mass is 10.1. The van der Waals surface area contributed by atoms with Crippen molar-refractivity contribution in [2.75, 3.05) is 20.1 Å². The van der Waals surface area contributed by atoms with Gasteiger partial charge in [-0.15, -0.1) is 0 Å². The topological polar surface area (TPSA) is 29.5 Å². The molecule has 3 nitrogen and oxygen atoms in total. The van der Waals surface area contributed by atoms with E-state index in [1.165, 1.54) is 6.92 Å². The third-order valence-corrected chi connectivity index (χ3v) is 3.59. The van der Waals surface area contributed by atoms with E-state index >= 15 is 0 Å². The number of hydrogen-bond acceptors (Lipinski definition) is 3. The van der Waals surface area contributed by atoms with E-state index in [2.05, 4.69) is 11.9 Å². The van der Waals surface area contributed by atoms with E-state index in [-0.39, 0.29) is 11.9 Å². The van der Waals surface area contributed by atoms with Crippen LogP contribution in [0.15, 0.2) is 18.2 Å². The molecular formula is C14H18ClNO2. The Kier molecular flexibility index (Phi) is 4.25. The van der Waals surface area contributed by atoms with Gasteiger partial charge in [0.15, 0.2) is 5.78 Å². The Morgan fingerprint density at radius 1 is 1.39 bits per heavy atom. The van der Waals surface area contributed by atoms with Crippen LogP contribution in [-0.4, -0.2) is 36.9 Å². The smallest absolute Gasteiger partial charge is 0.159 e. The number of Topliss-reactive ketones (excluding diaryl/α,β-unsaturated/α-hetero) is 1. The van der Waals surface area contributed by atoms with Crippen LogP contribution in [-0.2, 0) is 0 Å². The fourth-order valence-corrected chi connectivity index (χ4v) is 2.32. The van der Waals surface area contributed by atoms with Crippen LogP contribution in [0, 0.1) is 0 Å². The molecule has 4 heteroatoms. The van der Waals surface area contributed by atoms with E-state index in [1.54, 1.807) is 18.2 Å². The molecule has 1 saturated heterocycles. The third-order valence-electron chi connectivity index (χ3n) is 3.30. The number of rotatable bonds is 3. The average Bonchev–Trinajstić information content (AvgIpc) is 2.34. The maximum Gasteiger partial charge on any atom is 0.159 e. The number of carbonyl (C=O) groups excluding carboxylic acids is 1. The van der Waals surface area contributed by atoms with Gasteiger partial charge in [0.25, 0.3) is 0 Å². The zero-order chi connectivity index (χ0) is 13.1. The Morgan fingerprint density at radius 3 is 2.61 bits per heavy atom. The minimum Gasteiger partial charge on any atom is -0.489 e. The molecular weight excluding hydrogens is 250 g/mol. The standard InChI is InChI=1S/C14H18ClNO2/c1-10(17)11-3-4-14(13(15)9-11)18-12-5-7-16(2)8-6-12/h3-4,9,12H,5-8H2,1-2H3. The maximum absolute atomic E-state index is 11.2. The highest BCUT2D eigenvalue weighted by molar-refractivity contribution is 6.32. The highest BCUT2D eigenvalue weighted by Gasteiger charge is 2.19. The molecule has 0 aromatic heterocycles. The number of benzene rings is 1. The molecule has 0 N–H and O–H groups in total. The summed E-state index contributed by atoms with van der Waals surface area (Å²) in [4.78, 5) is 13.5. The normalized spacial score (nSPS) is 17.7. The van der Waals surface area contributed by atoms with E-state index in [0.717, 1.165) is 25.9 Å². The summed E-state index contributed by atoms with van der Waals surface area (Å²) in [6, 6.07) is 5.23. The second-order valence-electron chi connectivity index (χ2n) is 4.82. The van der Waals surface area contributed by atoms with Crippen molar-refractivity contribution in [3.05, 3.63) is 28.8 Å². The van der Waals surface area contributed by atoms with Crippen molar-refractivity contribution < 1.29 is 9.53 Å². The molecule has 0 amide bonds. The van der Waals surface area contributed by atoms with Crippen molar-refractivity contribution in [1.29, 1.82) is 0 Å². The lowest BCUT2D eigenvalue weighted by molar-refractivity contribution is 0.101. The predicted octanol–water partition coefficient (Wildman–Crippen LogP) is 3.02. The molecule has 1 fully saturated rings. The molecule has 1 aromatic rings. The molecule has 0 saturated carbocycles. The Balaban J connectivity index is 2.03. The van der Waals surface area contributed by atoms with Crippen molar-refractivity contribution >= 4 is 17.4 Å². The summed E-state index contributed by atoms with van der Waals surface area (Å²) >= 11 is 6.13. The number of nitrogens with zero attached hydrogens (tertiary/aromatic N) is 1. The summed E-state index contributed by atoms with van der Waals surface area (Å²) in [7, 11) is 2.12. The molecule has 0 radical (unpaired) electrons. The van der Waals surface area contributed by atoms with E-state index < -0.39 is 0 Å². The molecule has 0 unspecified atom stereocenters. The molecule has 0 aliphatic carbocycles. The molecule has 0 atom stereocenters. The first-order valence-electron chi connectivity index (χ1n) is 6.22. The molecule has 2 rings (SSSR count). The molecule has 18 heavy (non-hydrogen) atoms. The lowest BCUT2D eigenvalue weighted by Crippen LogP contribution is -2.35. The highest BCUT2D eigenvalue weighted by Crippen LogP contribution is 2.28. The van der Waals surface area contributed by atoms with Gasteiger partial charge >= 0.3 is 0 Å². The van der Waals surface area contributed by atoms with Gasteiger partial charge < -0.3 is 9.64 Å². The van der Waals surface area contributed by atoms with Gasteiger partial charge in [0.1, 0.15) is 11.9 Å². The maximum atomic E-state index is 11.2. The summed E-state index contributed by atoms with van der Waals surface area (Å²) in [5, 5.41) is 0.515. The molecule has 0 spiro atoms. The Bertz CT molecular complexity index is 439. The second-order valence-corrected chi connectivity index (χ2v) is 5.23. The number of ketones is 1. The van der Waals surface area contributed by atoms with Crippen LogP contribution in [0.4, 0.5) is 0 Å². The zero-order valence-electron chi connectivity index (χ0n) is 10.8. The van der Waals surface area contributed by atoms with E-state index in [4.69, 9.17) is 16.3 Å². The molecule has 1 aliphatic heterocycles. The molecule has 98 valence electrons. The van der Waals surface area contributed by atoms with Crippen molar-refractivity contribution in [3.8, 4) is 5.75 Å². The quantitative estimate of drug-likeness (QED) is 0.789. The van der Waals surface area contributed by atoms with Gasteiger partial charge in [-0.2, -0.15) is 0 Å². The minimum atomic E-state index is 0.0164. The van der Waals surface area contributed by atoms with Gasteiger partial charge in [0.2, 0.25) is 0 Å². The highest BCUT2D eigenvalue weighted by atomic mass is 35.5. The number of ether oxygens (including phenoxy) is 1. The van der Waals surface area contributed by atoms with Crippen LogP contribution in [0.5, 0.6) is 5.75 Å². The monoisotopic (exact) mass is 267 g/mol. The molecule has 0 bridgehead atoms. The summed E-state index contributed by atoms with van der Waals surface area (Å²) in [6.45, 7) is 3.63. The average molecular weight is 268 g/mol. The molecule has 1 heterocycles. The van der Waals surface area contributed by atoms with Crippen LogP contribution < -0.4 is 4.74 Å². The van der Waals surface area contributed by atoms with Crippen molar-refractivity contribution in [3.63, 3.8) is 0 Å². The number of hydrogen-bond donors (Lipinski definition) is 0. The SMILES string of the molecule is CC(=O)c1ccc(OC2CCN(C)CC2)c(Cl)c1. The largest absolute Gasteiger partial charge is 0.489 e. The van der Waals surface area contributed by atoms with E-state index in [1.807, 2.05) is 0 Å². The number of halogens is 1. The fourth-order valence-electron chi connectivity index (χ4n) is 2.10. The van der Waals surface area contributed by atoms with Gasteiger partial charge in [-0.05, 0) is 45.0 Å². The van der Waals surface area contributed by atoms with Crippen LogP contribution in [0.2, 0.25) is 5.02 Å². The van der Waals surface area contributed by atoms with E-state index in [9.17, 15) is 4.79 Å². The van der Waals surface area contributed by atoms with Crippen LogP contribution in [0.3, 0.4) is 0 Å². The van der Waals surface area contributed by atoms with Crippen molar-refractivity contribution in [2.24, 2.45) is 0 Å². The van der Waals surface area contributed by atoms with Crippen LogP contribution in [0.1, 0.15) is 30.1 Å². The zero-order valence-corrected chi connectivity index (χ0v) is 11.5.